The highest BCUT2D eigenvalue weighted by molar-refractivity contribution is 7.85. The Bertz CT molecular complexity index is 2070. The molecule has 9 rings (SSSR count). The molecule has 0 radical (unpaired) electrons. The van der Waals surface area contributed by atoms with Gasteiger partial charge >= 0.3 is 5.97 Å². The summed E-state index contributed by atoms with van der Waals surface area (Å²) in [6, 6.07) is 30.5. The van der Waals surface area contributed by atoms with Crippen LogP contribution in [0.2, 0.25) is 0 Å². The lowest BCUT2D eigenvalue weighted by molar-refractivity contribution is -0.143. The molecule has 0 saturated carbocycles. The molecule has 0 aromatic heterocycles. The van der Waals surface area contributed by atoms with Gasteiger partial charge in [0.2, 0.25) is 0 Å². The van der Waals surface area contributed by atoms with Gasteiger partial charge in [-0.05, 0) is 101 Å². The van der Waals surface area contributed by atoms with Gasteiger partial charge in [-0.25, -0.2) is 8.42 Å². The molecule has 0 saturated heterocycles. The second-order valence-electron chi connectivity index (χ2n) is 12.2. The first-order valence-electron chi connectivity index (χ1n) is 15.0. The number of phenols is 1. The van der Waals surface area contributed by atoms with Crippen LogP contribution in [0.1, 0.15) is 70.0 Å². The number of carbonyl (C=O) groups excluding carboxylic acids is 1. The van der Waals surface area contributed by atoms with Crippen molar-refractivity contribution in [2.75, 3.05) is 0 Å². The molecule has 5 aromatic rings. The second kappa shape index (κ2) is 9.78. The summed E-state index contributed by atoms with van der Waals surface area (Å²) >= 11 is 0. The highest BCUT2D eigenvalue weighted by Gasteiger charge is 2.59. The SMILES string of the molecule is O=C(Oc1ccc(S(=O)(=O)[O-])c2c1CCCC2)C1(c2cc3ccccc3cc2O)CC2c3ccccc3C1c1ccccc12. The maximum Gasteiger partial charge on any atom is 0.323 e. The molecule has 44 heavy (non-hydrogen) atoms. The van der Waals surface area contributed by atoms with Crippen molar-refractivity contribution >= 4 is 26.9 Å². The van der Waals surface area contributed by atoms with Crippen molar-refractivity contribution < 1.29 is 27.6 Å². The molecule has 4 aliphatic rings. The zero-order valence-electron chi connectivity index (χ0n) is 23.8. The van der Waals surface area contributed by atoms with Gasteiger partial charge in [0.05, 0.1) is 4.90 Å². The van der Waals surface area contributed by atoms with Gasteiger partial charge in [-0.15, -0.1) is 0 Å². The molecule has 2 bridgehead atoms. The van der Waals surface area contributed by atoms with E-state index in [-0.39, 0.29) is 22.3 Å². The summed E-state index contributed by atoms with van der Waals surface area (Å²) in [7, 11) is -4.69. The van der Waals surface area contributed by atoms with Crippen molar-refractivity contribution in [3.05, 3.63) is 136 Å². The van der Waals surface area contributed by atoms with E-state index < -0.39 is 27.4 Å². The van der Waals surface area contributed by atoms with Gasteiger partial charge in [0.1, 0.15) is 27.0 Å². The molecule has 6 nitrogen and oxygen atoms in total. The van der Waals surface area contributed by atoms with E-state index in [0.29, 0.717) is 36.0 Å². The number of hydrogen-bond acceptors (Lipinski definition) is 6. The lowest BCUT2D eigenvalue weighted by atomic mass is 9.50. The van der Waals surface area contributed by atoms with Gasteiger partial charge in [0.15, 0.2) is 0 Å². The average molecular weight is 602 g/mol. The topological polar surface area (TPSA) is 104 Å². The van der Waals surface area contributed by atoms with Crippen LogP contribution >= 0.6 is 0 Å². The van der Waals surface area contributed by atoms with Crippen molar-refractivity contribution in [3.8, 4) is 11.5 Å². The number of esters is 1. The number of aromatic hydroxyl groups is 1. The summed E-state index contributed by atoms with van der Waals surface area (Å²) in [5.41, 5.74) is 4.66. The van der Waals surface area contributed by atoms with Crippen LogP contribution in [-0.4, -0.2) is 24.0 Å². The molecule has 0 heterocycles. The van der Waals surface area contributed by atoms with Gasteiger partial charge < -0.3 is 14.4 Å². The van der Waals surface area contributed by atoms with Gasteiger partial charge in [0.25, 0.3) is 0 Å². The predicted octanol–water partition coefficient (Wildman–Crippen LogP) is 6.85. The number of hydrogen-bond donors (Lipinski definition) is 1. The fourth-order valence-corrected chi connectivity index (χ4v) is 8.95. The average Bonchev–Trinajstić information content (AvgIpc) is 3.04. The van der Waals surface area contributed by atoms with Crippen LogP contribution < -0.4 is 4.74 Å². The molecule has 5 aromatic carbocycles. The quantitative estimate of drug-likeness (QED) is 0.137. The van der Waals surface area contributed by atoms with E-state index in [1.165, 1.54) is 23.3 Å². The van der Waals surface area contributed by atoms with Crippen LogP contribution in [-0.2, 0) is 33.2 Å². The standard InChI is InChI=1S/C37H30O6S/c38-32-20-23-10-2-1-9-22(23)19-31(32)37(21-30-24-11-3-7-15-28(24)35(37)29-16-8-4-12-25(29)30)36(39)43-33-17-18-34(44(40,41)42)27-14-6-5-13-26(27)33/h1-4,7-12,15-20,30,35,38H,5-6,13-14,21H2,(H,40,41,42)/p-1. The zero-order valence-corrected chi connectivity index (χ0v) is 24.6. The van der Waals surface area contributed by atoms with Crippen LogP contribution in [0.25, 0.3) is 10.8 Å². The normalized spacial score (nSPS) is 21.8. The minimum Gasteiger partial charge on any atom is -0.744 e. The number of carbonyl (C=O) groups is 1. The largest absolute Gasteiger partial charge is 0.744 e. The molecule has 220 valence electrons. The van der Waals surface area contributed by atoms with Gasteiger partial charge in [0, 0.05) is 17.4 Å². The molecular weight excluding hydrogens is 572 g/mol. The maximum absolute atomic E-state index is 15.0. The lowest BCUT2D eigenvalue weighted by Gasteiger charge is -2.52. The van der Waals surface area contributed by atoms with Gasteiger partial charge in [-0.3, -0.25) is 4.79 Å². The molecular formula is C37H29O6S-. The van der Waals surface area contributed by atoms with Crippen LogP contribution in [0.3, 0.4) is 0 Å². The second-order valence-corrected chi connectivity index (χ2v) is 13.6. The van der Waals surface area contributed by atoms with Crippen LogP contribution in [0, 0.1) is 0 Å². The summed E-state index contributed by atoms with van der Waals surface area (Å²) in [5.74, 6) is -0.741. The highest BCUT2D eigenvalue weighted by Crippen LogP contribution is 2.63. The van der Waals surface area contributed by atoms with Crippen LogP contribution in [0.4, 0.5) is 0 Å². The summed E-state index contributed by atoms with van der Waals surface area (Å²) in [5, 5.41) is 13.4. The molecule has 0 spiro atoms. The van der Waals surface area contributed by atoms with Crippen LogP contribution in [0.15, 0.2) is 102 Å². The first-order chi connectivity index (χ1) is 21.3. The minimum atomic E-state index is -4.69. The first-order valence-corrected chi connectivity index (χ1v) is 16.4. The number of ether oxygens (including phenoxy) is 1. The molecule has 1 N–H and O–H groups in total. The fraction of sp³-hybridized carbons (Fsp3) is 0.216. The highest BCUT2D eigenvalue weighted by atomic mass is 32.2. The molecule has 0 aliphatic heterocycles. The van der Waals surface area contributed by atoms with E-state index in [1.54, 1.807) is 6.07 Å². The molecule has 0 amide bonds. The molecule has 7 heteroatoms. The lowest BCUT2D eigenvalue weighted by Crippen LogP contribution is -2.51. The Labute approximate surface area is 255 Å². The Balaban J connectivity index is 1.37. The van der Waals surface area contributed by atoms with E-state index in [2.05, 4.69) is 24.3 Å². The molecule has 1 atom stereocenters. The Morgan fingerprint density at radius 2 is 1.34 bits per heavy atom. The third kappa shape index (κ3) is 3.89. The third-order valence-electron chi connectivity index (χ3n) is 10.0. The summed E-state index contributed by atoms with van der Waals surface area (Å²) in [4.78, 5) is 14.8. The van der Waals surface area contributed by atoms with Crippen molar-refractivity contribution in [3.63, 3.8) is 0 Å². The molecule has 4 aliphatic carbocycles. The molecule has 0 fully saturated rings. The molecule has 1 unspecified atom stereocenters. The van der Waals surface area contributed by atoms with Crippen molar-refractivity contribution in [1.29, 1.82) is 0 Å². The number of fused-ring (bicyclic) bond motifs is 3. The Kier molecular flexibility index (Phi) is 6.02. The summed E-state index contributed by atoms with van der Waals surface area (Å²) in [6.45, 7) is 0. The number of rotatable bonds is 4. The van der Waals surface area contributed by atoms with Crippen LogP contribution in [0.5, 0.6) is 11.5 Å². The fourth-order valence-electron chi connectivity index (χ4n) is 8.19. The van der Waals surface area contributed by atoms with Crippen molar-refractivity contribution in [2.45, 2.75) is 54.3 Å². The van der Waals surface area contributed by atoms with E-state index in [1.807, 2.05) is 54.6 Å². The Morgan fingerprint density at radius 3 is 1.98 bits per heavy atom. The maximum atomic E-state index is 15.0. The minimum absolute atomic E-state index is 0.0259. The predicted molar refractivity (Wildman–Crippen MR) is 165 cm³/mol. The van der Waals surface area contributed by atoms with Crippen molar-refractivity contribution in [1.82, 2.24) is 0 Å². The first kappa shape index (κ1) is 27.1. The van der Waals surface area contributed by atoms with E-state index >= 15 is 4.79 Å². The number of benzene rings is 5. The van der Waals surface area contributed by atoms with Gasteiger partial charge in [-0.1, -0.05) is 72.8 Å². The number of phenolic OH excluding ortho intramolecular Hbond substituents is 1. The Morgan fingerprint density at radius 1 is 0.773 bits per heavy atom. The summed E-state index contributed by atoms with van der Waals surface area (Å²) < 4.78 is 42.7. The monoisotopic (exact) mass is 601 g/mol. The Hall–Kier alpha value is -4.46. The zero-order chi connectivity index (χ0) is 30.2. The van der Waals surface area contributed by atoms with E-state index in [9.17, 15) is 18.1 Å². The van der Waals surface area contributed by atoms with Gasteiger partial charge in [-0.2, -0.15) is 0 Å². The van der Waals surface area contributed by atoms with Crippen molar-refractivity contribution in [2.24, 2.45) is 0 Å². The smallest absolute Gasteiger partial charge is 0.323 e. The van der Waals surface area contributed by atoms with E-state index in [4.69, 9.17) is 4.74 Å². The van der Waals surface area contributed by atoms with E-state index in [0.717, 1.165) is 34.7 Å². The summed E-state index contributed by atoms with van der Waals surface area (Å²) in [6.07, 6.45) is 2.87. The third-order valence-corrected chi connectivity index (χ3v) is 10.9.